The average molecular weight is 485 g/mol. The van der Waals surface area contributed by atoms with Gasteiger partial charge in [0, 0.05) is 13.0 Å². The lowest BCUT2D eigenvalue weighted by Gasteiger charge is -2.37. The fraction of sp³-hybridized carbons (Fsp3) is 0.423. The summed E-state index contributed by atoms with van der Waals surface area (Å²) in [6, 6.07) is 10.7. The fourth-order valence-corrected chi connectivity index (χ4v) is 4.35. The molecule has 0 fully saturated rings. The number of hydrogen-bond donors (Lipinski definition) is 2. The number of rotatable bonds is 10. The highest BCUT2D eigenvalue weighted by Crippen LogP contribution is 2.35. The van der Waals surface area contributed by atoms with Crippen LogP contribution in [0.1, 0.15) is 30.0 Å². The predicted octanol–water partition coefficient (Wildman–Crippen LogP) is 2.19. The zero-order valence-electron chi connectivity index (χ0n) is 20.4. The zero-order chi connectivity index (χ0) is 25.5. The molecule has 1 aliphatic heterocycles. The molecule has 0 aromatic heterocycles. The molecule has 0 saturated heterocycles. The quantitative estimate of drug-likeness (QED) is 0.494. The van der Waals surface area contributed by atoms with E-state index in [1.807, 2.05) is 30.3 Å². The molecule has 35 heavy (non-hydrogen) atoms. The van der Waals surface area contributed by atoms with Crippen LogP contribution in [-0.2, 0) is 38.5 Å². The molecule has 1 amide bonds. The number of carbonyl (C=O) groups excluding carboxylic acids is 2. The Bertz CT molecular complexity index is 1060. The van der Waals surface area contributed by atoms with E-state index in [2.05, 4.69) is 5.32 Å². The topological polar surface area (TPSA) is 114 Å². The number of nitrogens with one attached hydrogen (secondary N) is 1. The van der Waals surface area contributed by atoms with Gasteiger partial charge in [-0.2, -0.15) is 0 Å². The van der Waals surface area contributed by atoms with E-state index in [1.165, 1.54) is 26.2 Å². The Morgan fingerprint density at radius 2 is 1.69 bits per heavy atom. The van der Waals surface area contributed by atoms with Gasteiger partial charge in [-0.15, -0.1) is 0 Å². The summed E-state index contributed by atoms with van der Waals surface area (Å²) in [4.78, 5) is 39.2. The van der Waals surface area contributed by atoms with E-state index in [-0.39, 0.29) is 13.0 Å². The number of esters is 1. The van der Waals surface area contributed by atoms with Crippen molar-refractivity contribution < 1.29 is 33.7 Å². The molecule has 2 aromatic rings. The first-order valence-electron chi connectivity index (χ1n) is 11.4. The van der Waals surface area contributed by atoms with Crippen molar-refractivity contribution in [3.05, 3.63) is 59.2 Å². The van der Waals surface area contributed by atoms with Crippen molar-refractivity contribution in [2.45, 2.75) is 50.9 Å². The van der Waals surface area contributed by atoms with Gasteiger partial charge in [-0.05, 0) is 48.6 Å². The highest BCUT2D eigenvalue weighted by molar-refractivity contribution is 5.88. The number of carboxylic acid groups (broad SMARTS) is 1. The van der Waals surface area contributed by atoms with Crippen molar-refractivity contribution in [3.63, 3.8) is 0 Å². The van der Waals surface area contributed by atoms with Crippen molar-refractivity contribution in [3.8, 4) is 11.5 Å². The third-order valence-corrected chi connectivity index (χ3v) is 6.28. The second-order valence-corrected chi connectivity index (χ2v) is 8.49. The van der Waals surface area contributed by atoms with Crippen LogP contribution in [0.2, 0.25) is 0 Å². The summed E-state index contributed by atoms with van der Waals surface area (Å²) in [5, 5.41) is 12.9. The Kier molecular flexibility index (Phi) is 8.70. The van der Waals surface area contributed by atoms with Gasteiger partial charge in [0.15, 0.2) is 11.5 Å². The van der Waals surface area contributed by atoms with Crippen LogP contribution in [0, 0.1) is 0 Å². The first-order chi connectivity index (χ1) is 16.8. The number of fused-ring (bicyclic) bond motifs is 1. The number of amides is 1. The Balaban J connectivity index is 1.78. The van der Waals surface area contributed by atoms with Gasteiger partial charge < -0.3 is 24.2 Å². The van der Waals surface area contributed by atoms with Gasteiger partial charge >= 0.3 is 11.9 Å². The molecule has 0 bridgehead atoms. The molecule has 0 unspecified atom stereocenters. The minimum Gasteiger partial charge on any atom is -0.493 e. The van der Waals surface area contributed by atoms with Gasteiger partial charge in [0.05, 0.1) is 27.4 Å². The monoisotopic (exact) mass is 484 g/mol. The lowest BCUT2D eigenvalue weighted by Crippen LogP contribution is -2.56. The molecule has 0 aliphatic carbocycles. The normalized spacial score (nSPS) is 16.6. The Hall–Kier alpha value is -3.59. The Morgan fingerprint density at radius 3 is 2.26 bits per heavy atom. The van der Waals surface area contributed by atoms with E-state index in [4.69, 9.17) is 14.2 Å². The molecule has 3 atom stereocenters. The van der Waals surface area contributed by atoms with Crippen molar-refractivity contribution >= 4 is 17.8 Å². The van der Waals surface area contributed by atoms with E-state index in [1.54, 1.807) is 19.1 Å². The van der Waals surface area contributed by atoms with E-state index in [0.29, 0.717) is 24.3 Å². The minimum absolute atomic E-state index is 0.102. The molecule has 0 saturated carbocycles. The van der Waals surface area contributed by atoms with Crippen LogP contribution in [-0.4, -0.2) is 67.3 Å². The van der Waals surface area contributed by atoms with E-state index < -0.39 is 36.0 Å². The van der Waals surface area contributed by atoms with Crippen LogP contribution in [0.4, 0.5) is 0 Å². The molecule has 188 valence electrons. The van der Waals surface area contributed by atoms with Gasteiger partial charge in [-0.25, -0.2) is 4.79 Å². The molecule has 0 spiro atoms. The zero-order valence-corrected chi connectivity index (χ0v) is 20.4. The van der Waals surface area contributed by atoms with E-state index >= 15 is 0 Å². The molecule has 3 rings (SSSR count). The highest BCUT2D eigenvalue weighted by Gasteiger charge is 2.38. The standard InChI is InChI=1S/C26H32N2O7/c1-16(27-20(26(32)35-4)11-10-17-8-6-5-7-9-17)24(29)28-15-19-14-23(34-3)22(33-2)13-18(19)12-21(28)25(30)31/h5-9,13-14,16,20-21,27H,10-12,15H2,1-4H3,(H,30,31)/t16-,20-,21-/m0/s1. The summed E-state index contributed by atoms with van der Waals surface area (Å²) in [6.07, 6.45) is 1.18. The average Bonchev–Trinajstić information content (AvgIpc) is 2.88. The van der Waals surface area contributed by atoms with Crippen molar-refractivity contribution in [1.82, 2.24) is 10.2 Å². The van der Waals surface area contributed by atoms with Crippen LogP contribution < -0.4 is 14.8 Å². The third kappa shape index (κ3) is 6.10. The van der Waals surface area contributed by atoms with Crippen LogP contribution >= 0.6 is 0 Å². The number of carboxylic acids is 1. The summed E-state index contributed by atoms with van der Waals surface area (Å²) >= 11 is 0. The number of carbonyl (C=O) groups is 3. The van der Waals surface area contributed by atoms with E-state index in [9.17, 15) is 19.5 Å². The first-order valence-corrected chi connectivity index (χ1v) is 11.4. The lowest BCUT2D eigenvalue weighted by molar-refractivity contribution is -0.153. The maximum Gasteiger partial charge on any atom is 0.326 e. The third-order valence-electron chi connectivity index (χ3n) is 6.28. The lowest BCUT2D eigenvalue weighted by atomic mass is 9.92. The SMILES string of the molecule is COC(=O)[C@H](CCc1ccccc1)N[C@@H](C)C(=O)N1Cc2cc(OC)c(OC)cc2C[C@H]1C(=O)O. The smallest absolute Gasteiger partial charge is 0.326 e. The van der Waals surface area contributed by atoms with Gasteiger partial charge in [0.25, 0.3) is 0 Å². The number of nitrogens with zero attached hydrogens (tertiary/aromatic N) is 1. The van der Waals surface area contributed by atoms with Crippen molar-refractivity contribution in [2.24, 2.45) is 0 Å². The fourth-order valence-electron chi connectivity index (χ4n) is 4.35. The highest BCUT2D eigenvalue weighted by atomic mass is 16.5. The van der Waals surface area contributed by atoms with Gasteiger partial charge in [-0.1, -0.05) is 30.3 Å². The second-order valence-electron chi connectivity index (χ2n) is 8.49. The van der Waals surface area contributed by atoms with Crippen LogP contribution in [0.5, 0.6) is 11.5 Å². The number of hydrogen-bond acceptors (Lipinski definition) is 7. The number of methoxy groups -OCH3 is 3. The van der Waals surface area contributed by atoms with Gasteiger partial charge in [-0.3, -0.25) is 14.9 Å². The molecule has 2 aromatic carbocycles. The molecule has 2 N–H and O–H groups in total. The maximum atomic E-state index is 13.4. The maximum absolute atomic E-state index is 13.4. The number of ether oxygens (including phenoxy) is 3. The Morgan fingerprint density at radius 1 is 1.06 bits per heavy atom. The molecule has 0 radical (unpaired) electrons. The molecule has 1 aliphatic rings. The summed E-state index contributed by atoms with van der Waals surface area (Å²) in [5.74, 6) is -0.975. The molecule has 9 heteroatoms. The van der Waals surface area contributed by atoms with Gasteiger partial charge in [0.1, 0.15) is 12.1 Å². The molecule has 1 heterocycles. The predicted molar refractivity (Wildman–Crippen MR) is 128 cm³/mol. The summed E-state index contributed by atoms with van der Waals surface area (Å²) < 4.78 is 15.6. The number of benzene rings is 2. The Labute approximate surface area is 205 Å². The summed E-state index contributed by atoms with van der Waals surface area (Å²) in [7, 11) is 4.33. The van der Waals surface area contributed by atoms with Gasteiger partial charge in [0.2, 0.25) is 5.91 Å². The van der Waals surface area contributed by atoms with Crippen LogP contribution in [0.3, 0.4) is 0 Å². The number of aliphatic carboxylic acids is 1. The van der Waals surface area contributed by atoms with E-state index in [0.717, 1.165) is 16.7 Å². The van der Waals surface area contributed by atoms with Crippen molar-refractivity contribution in [2.75, 3.05) is 21.3 Å². The minimum atomic E-state index is -1.10. The van der Waals surface area contributed by atoms with Crippen molar-refractivity contribution in [1.29, 1.82) is 0 Å². The largest absolute Gasteiger partial charge is 0.493 e. The number of aryl methyl sites for hydroxylation is 1. The van der Waals surface area contributed by atoms with Crippen LogP contribution in [0.25, 0.3) is 0 Å². The molecular weight excluding hydrogens is 452 g/mol. The molecule has 9 nitrogen and oxygen atoms in total. The second kappa shape index (κ2) is 11.7. The first kappa shape index (κ1) is 26.0. The summed E-state index contributed by atoms with van der Waals surface area (Å²) in [5.41, 5.74) is 2.63. The summed E-state index contributed by atoms with van der Waals surface area (Å²) in [6.45, 7) is 1.73. The molecular formula is C26H32N2O7. The van der Waals surface area contributed by atoms with Crippen LogP contribution in [0.15, 0.2) is 42.5 Å².